The number of aliphatic hydroxyl groups excluding tert-OH is 1. The lowest BCUT2D eigenvalue weighted by Crippen LogP contribution is -2.37. The Morgan fingerprint density at radius 3 is 2.45 bits per heavy atom. The third-order valence-corrected chi connectivity index (χ3v) is 5.76. The molecule has 158 valence electrons. The van der Waals surface area contributed by atoms with E-state index in [1.165, 1.54) is 12.1 Å². The van der Waals surface area contributed by atoms with Crippen LogP contribution in [0.25, 0.3) is 28.3 Å². The summed E-state index contributed by atoms with van der Waals surface area (Å²) in [4.78, 5) is 2.26. The van der Waals surface area contributed by atoms with Crippen molar-refractivity contribution in [2.75, 3.05) is 13.1 Å². The lowest BCUT2D eigenvalue weighted by Gasteiger charge is -2.29. The third kappa shape index (κ3) is 4.17. The number of hydrogen-bond acceptors (Lipinski definition) is 4. The molecule has 1 fully saturated rings. The van der Waals surface area contributed by atoms with Crippen molar-refractivity contribution >= 4 is 0 Å². The summed E-state index contributed by atoms with van der Waals surface area (Å²) in [6.45, 7) is 2.35. The molecule has 31 heavy (non-hydrogen) atoms. The zero-order valence-electron chi connectivity index (χ0n) is 17.1. The van der Waals surface area contributed by atoms with E-state index in [1.54, 1.807) is 18.4 Å². The van der Waals surface area contributed by atoms with Crippen molar-refractivity contribution in [3.05, 3.63) is 84.5 Å². The van der Waals surface area contributed by atoms with Gasteiger partial charge in [-0.3, -0.25) is 4.90 Å². The van der Waals surface area contributed by atoms with Gasteiger partial charge >= 0.3 is 0 Å². The average Bonchev–Trinajstić information content (AvgIpc) is 3.44. The van der Waals surface area contributed by atoms with E-state index < -0.39 is 0 Å². The molecule has 1 aliphatic rings. The van der Waals surface area contributed by atoms with E-state index in [1.807, 2.05) is 47.3 Å². The highest BCUT2D eigenvalue weighted by Crippen LogP contribution is 2.30. The molecule has 0 saturated carbocycles. The van der Waals surface area contributed by atoms with Crippen molar-refractivity contribution in [2.24, 2.45) is 0 Å². The minimum Gasteiger partial charge on any atom is -0.463 e. The smallest absolute Gasteiger partial charge is 0.152 e. The molecule has 0 amide bonds. The maximum Gasteiger partial charge on any atom is 0.152 e. The fourth-order valence-corrected chi connectivity index (χ4v) is 4.22. The highest BCUT2D eigenvalue weighted by Gasteiger charge is 2.22. The van der Waals surface area contributed by atoms with Gasteiger partial charge in [-0.2, -0.15) is 5.10 Å². The summed E-state index contributed by atoms with van der Waals surface area (Å²) in [6, 6.07) is 18.3. The van der Waals surface area contributed by atoms with Gasteiger partial charge in [0, 0.05) is 18.7 Å². The van der Waals surface area contributed by atoms with Crippen LogP contribution in [0.3, 0.4) is 0 Å². The first-order chi connectivity index (χ1) is 15.2. The predicted molar refractivity (Wildman–Crippen MR) is 117 cm³/mol. The second kappa shape index (κ2) is 8.49. The number of halogens is 1. The van der Waals surface area contributed by atoms with E-state index in [2.05, 4.69) is 10.00 Å². The number of benzene rings is 2. The number of hydrogen-bond donors (Lipinski definition) is 1. The topological polar surface area (TPSA) is 54.4 Å². The van der Waals surface area contributed by atoms with Gasteiger partial charge in [0.2, 0.25) is 0 Å². The van der Waals surface area contributed by atoms with Crippen molar-refractivity contribution in [3.8, 4) is 28.3 Å². The Kier molecular flexibility index (Phi) is 5.40. The van der Waals surface area contributed by atoms with Crippen LogP contribution < -0.4 is 0 Å². The van der Waals surface area contributed by atoms with Crippen LogP contribution in [-0.2, 0) is 6.54 Å². The molecule has 0 bridgehead atoms. The summed E-state index contributed by atoms with van der Waals surface area (Å²) in [5.74, 6) is 0.515. The predicted octanol–water partition coefficient (Wildman–Crippen LogP) is 4.90. The van der Waals surface area contributed by atoms with Gasteiger partial charge in [-0.1, -0.05) is 24.3 Å². The first-order valence-electron chi connectivity index (χ1n) is 10.5. The number of aliphatic hydroxyl groups is 1. The number of furan rings is 1. The highest BCUT2D eigenvalue weighted by molar-refractivity contribution is 5.66. The molecule has 2 aromatic carbocycles. The number of piperidine rings is 1. The number of nitrogens with zero attached hydrogens (tertiary/aromatic N) is 3. The molecule has 1 N–H and O–H groups in total. The van der Waals surface area contributed by atoms with Gasteiger partial charge in [0.15, 0.2) is 5.76 Å². The fraction of sp³-hybridized carbons (Fsp3) is 0.240. The Labute approximate surface area is 180 Å². The van der Waals surface area contributed by atoms with Gasteiger partial charge in [0.05, 0.1) is 24.3 Å². The van der Waals surface area contributed by atoms with Crippen molar-refractivity contribution < 1.29 is 13.9 Å². The maximum atomic E-state index is 13.2. The summed E-state index contributed by atoms with van der Waals surface area (Å²) in [5.41, 5.74) is 4.87. The van der Waals surface area contributed by atoms with Gasteiger partial charge in [0.25, 0.3) is 0 Å². The van der Waals surface area contributed by atoms with Gasteiger partial charge in [0.1, 0.15) is 11.5 Å². The highest BCUT2D eigenvalue weighted by atomic mass is 19.1. The van der Waals surface area contributed by atoms with Gasteiger partial charge < -0.3 is 9.52 Å². The van der Waals surface area contributed by atoms with E-state index in [0.29, 0.717) is 13.1 Å². The molecule has 3 heterocycles. The summed E-state index contributed by atoms with van der Waals surface area (Å²) < 4.78 is 20.8. The van der Waals surface area contributed by atoms with Gasteiger partial charge in [-0.25, -0.2) is 9.07 Å². The average molecular weight is 417 g/mol. The molecule has 1 saturated heterocycles. The Hall–Kier alpha value is -3.22. The summed E-state index contributed by atoms with van der Waals surface area (Å²) in [6.07, 6.45) is 5.14. The van der Waals surface area contributed by atoms with E-state index in [-0.39, 0.29) is 11.9 Å². The van der Waals surface area contributed by atoms with Crippen LogP contribution >= 0.6 is 0 Å². The molecule has 1 unspecified atom stereocenters. The minimum atomic E-state index is -0.269. The van der Waals surface area contributed by atoms with Crippen LogP contribution in [0.1, 0.15) is 18.4 Å². The Morgan fingerprint density at radius 1 is 1.03 bits per heavy atom. The minimum absolute atomic E-state index is 0.242. The maximum absolute atomic E-state index is 13.2. The number of aromatic nitrogens is 2. The largest absolute Gasteiger partial charge is 0.463 e. The van der Waals surface area contributed by atoms with E-state index in [0.717, 1.165) is 53.2 Å². The molecule has 2 aromatic heterocycles. The molecule has 0 spiro atoms. The second-order valence-electron chi connectivity index (χ2n) is 7.99. The van der Waals surface area contributed by atoms with Crippen LogP contribution in [-0.4, -0.2) is 39.0 Å². The Balaban J connectivity index is 1.47. The fourth-order valence-electron chi connectivity index (χ4n) is 4.22. The number of likely N-dealkylation sites (tertiary alicyclic amines) is 1. The standard InChI is InChI=1S/C25H24FN3O2/c26-21-9-5-18(6-10-21)19-7-11-22(12-8-19)29-25(24-4-2-14-31-24)20(15-27-29)16-28-13-1-3-23(30)17-28/h2,4-12,14-15,23,30H,1,3,13,16-17H2. The molecular formula is C25H24FN3O2. The molecule has 0 radical (unpaired) electrons. The van der Waals surface area contributed by atoms with E-state index in [4.69, 9.17) is 4.42 Å². The zero-order chi connectivity index (χ0) is 21.2. The van der Waals surface area contributed by atoms with Crippen molar-refractivity contribution in [1.29, 1.82) is 0 Å². The molecule has 5 rings (SSSR count). The number of β-amino-alcohol motifs (C(OH)–C–C–N with tert-alkyl or cyclic N) is 1. The quantitative estimate of drug-likeness (QED) is 0.502. The zero-order valence-corrected chi connectivity index (χ0v) is 17.1. The summed E-state index contributed by atoms with van der Waals surface area (Å²) in [7, 11) is 0. The van der Waals surface area contributed by atoms with Crippen molar-refractivity contribution in [2.45, 2.75) is 25.5 Å². The molecule has 1 aliphatic heterocycles. The lowest BCUT2D eigenvalue weighted by atomic mass is 10.1. The van der Waals surface area contributed by atoms with Gasteiger partial charge in [-0.15, -0.1) is 0 Å². The summed E-state index contributed by atoms with van der Waals surface area (Å²) in [5, 5.41) is 14.7. The monoisotopic (exact) mass is 417 g/mol. The van der Waals surface area contributed by atoms with E-state index >= 15 is 0 Å². The van der Waals surface area contributed by atoms with Crippen molar-refractivity contribution in [3.63, 3.8) is 0 Å². The van der Waals surface area contributed by atoms with E-state index in [9.17, 15) is 9.50 Å². The first kappa shape index (κ1) is 19.7. The molecule has 1 atom stereocenters. The lowest BCUT2D eigenvalue weighted by molar-refractivity contribution is 0.0669. The SMILES string of the molecule is OC1CCCN(Cc2cnn(-c3ccc(-c4ccc(F)cc4)cc3)c2-c2ccco2)C1. The van der Waals surface area contributed by atoms with Crippen LogP contribution in [0.15, 0.2) is 77.5 Å². The Morgan fingerprint density at radius 2 is 1.77 bits per heavy atom. The molecule has 0 aliphatic carbocycles. The molecular weight excluding hydrogens is 393 g/mol. The van der Waals surface area contributed by atoms with Gasteiger partial charge in [-0.05, 0) is 66.9 Å². The molecule has 6 heteroatoms. The molecule has 5 nitrogen and oxygen atoms in total. The van der Waals surface area contributed by atoms with Crippen LogP contribution in [0.2, 0.25) is 0 Å². The molecule has 4 aromatic rings. The van der Waals surface area contributed by atoms with Crippen LogP contribution in [0, 0.1) is 5.82 Å². The third-order valence-electron chi connectivity index (χ3n) is 5.76. The van der Waals surface area contributed by atoms with Crippen molar-refractivity contribution in [1.82, 2.24) is 14.7 Å². The second-order valence-corrected chi connectivity index (χ2v) is 7.99. The Bertz CT molecular complexity index is 1130. The number of rotatable bonds is 5. The summed E-state index contributed by atoms with van der Waals surface area (Å²) >= 11 is 0. The van der Waals surface area contributed by atoms with Crippen LogP contribution in [0.5, 0.6) is 0 Å². The van der Waals surface area contributed by atoms with Crippen LogP contribution in [0.4, 0.5) is 4.39 Å². The normalized spacial score (nSPS) is 17.2. The first-order valence-corrected chi connectivity index (χ1v) is 10.5.